The summed E-state index contributed by atoms with van der Waals surface area (Å²) in [6.45, 7) is 8.47. The van der Waals surface area contributed by atoms with Crippen molar-refractivity contribution in [3.8, 4) is 0 Å². The molecule has 2 rings (SSSR count). The van der Waals surface area contributed by atoms with E-state index in [0.717, 1.165) is 18.7 Å². The van der Waals surface area contributed by atoms with E-state index in [9.17, 15) is 4.79 Å². The Morgan fingerprint density at radius 3 is 2.61 bits per heavy atom. The predicted octanol–water partition coefficient (Wildman–Crippen LogP) is 2.81. The van der Waals surface area contributed by atoms with Crippen molar-refractivity contribution in [2.75, 3.05) is 19.6 Å². The molecule has 0 aliphatic carbocycles. The van der Waals surface area contributed by atoms with Crippen molar-refractivity contribution >= 4 is 5.78 Å². The van der Waals surface area contributed by atoms with E-state index in [1.54, 1.807) is 0 Å². The van der Waals surface area contributed by atoms with E-state index in [4.69, 9.17) is 0 Å². The van der Waals surface area contributed by atoms with Crippen molar-refractivity contribution in [3.05, 3.63) is 24.0 Å². The van der Waals surface area contributed by atoms with E-state index in [1.165, 1.54) is 32.4 Å². The summed E-state index contributed by atoms with van der Waals surface area (Å²) in [7, 11) is 0. The zero-order valence-corrected chi connectivity index (χ0v) is 11.6. The average molecular weight is 248 g/mol. The summed E-state index contributed by atoms with van der Waals surface area (Å²) >= 11 is 0. The Labute approximate surface area is 110 Å². The van der Waals surface area contributed by atoms with Crippen molar-refractivity contribution in [2.45, 2.75) is 39.7 Å². The van der Waals surface area contributed by atoms with Crippen LogP contribution in [-0.2, 0) is 6.54 Å². The minimum absolute atomic E-state index is 0.0861. The molecule has 2 heterocycles. The molecule has 0 unspecified atom stereocenters. The van der Waals surface area contributed by atoms with E-state index >= 15 is 0 Å². The summed E-state index contributed by atoms with van der Waals surface area (Å²) in [5, 5.41) is 0. The molecule has 1 aliphatic heterocycles. The standard InChI is InChI=1S/C15H24N2O/c1-13(2)15(18)14-6-9-17(12-14)11-10-16-7-4-3-5-8-16/h6,9,12-13H,3-5,7-8,10-11H2,1-2H3. The molecule has 0 spiro atoms. The molecule has 0 atom stereocenters. The van der Waals surface area contributed by atoms with Gasteiger partial charge in [0.05, 0.1) is 0 Å². The molecule has 100 valence electrons. The van der Waals surface area contributed by atoms with Gasteiger partial charge in [-0.1, -0.05) is 20.3 Å². The van der Waals surface area contributed by atoms with Gasteiger partial charge in [-0.3, -0.25) is 4.79 Å². The van der Waals surface area contributed by atoms with Crippen LogP contribution in [0, 0.1) is 5.92 Å². The number of carbonyl (C=O) groups is 1. The van der Waals surface area contributed by atoms with Gasteiger partial charge >= 0.3 is 0 Å². The quantitative estimate of drug-likeness (QED) is 0.749. The Kier molecular flexibility index (Phi) is 4.59. The first kappa shape index (κ1) is 13.3. The summed E-state index contributed by atoms with van der Waals surface area (Å²) < 4.78 is 2.14. The van der Waals surface area contributed by atoms with Crippen LogP contribution < -0.4 is 0 Å². The fourth-order valence-corrected chi connectivity index (χ4v) is 2.50. The molecule has 1 aromatic heterocycles. The van der Waals surface area contributed by atoms with Crippen LogP contribution in [0.3, 0.4) is 0 Å². The number of aromatic nitrogens is 1. The molecule has 18 heavy (non-hydrogen) atoms. The fourth-order valence-electron chi connectivity index (χ4n) is 2.50. The lowest BCUT2D eigenvalue weighted by Crippen LogP contribution is -2.32. The Bertz CT molecular complexity index is 389. The molecule has 0 aromatic carbocycles. The second kappa shape index (κ2) is 6.19. The van der Waals surface area contributed by atoms with E-state index < -0.39 is 0 Å². The van der Waals surface area contributed by atoms with Gasteiger partial charge in [0.25, 0.3) is 0 Å². The zero-order valence-electron chi connectivity index (χ0n) is 11.6. The van der Waals surface area contributed by atoms with Crippen molar-refractivity contribution < 1.29 is 4.79 Å². The van der Waals surface area contributed by atoms with Crippen LogP contribution in [0.15, 0.2) is 18.5 Å². The first-order chi connectivity index (χ1) is 8.66. The van der Waals surface area contributed by atoms with Gasteiger partial charge in [0, 0.05) is 37.0 Å². The summed E-state index contributed by atoms with van der Waals surface area (Å²) in [6, 6.07) is 1.94. The van der Waals surface area contributed by atoms with Gasteiger partial charge in [0.1, 0.15) is 0 Å². The lowest BCUT2D eigenvalue weighted by molar-refractivity contribution is 0.0939. The highest BCUT2D eigenvalue weighted by atomic mass is 16.1. The predicted molar refractivity (Wildman–Crippen MR) is 73.9 cm³/mol. The number of hydrogen-bond acceptors (Lipinski definition) is 2. The minimum atomic E-state index is 0.0861. The molecule has 0 bridgehead atoms. The van der Waals surface area contributed by atoms with E-state index in [2.05, 4.69) is 9.47 Å². The highest BCUT2D eigenvalue weighted by Crippen LogP contribution is 2.11. The number of likely N-dealkylation sites (tertiary alicyclic amines) is 1. The van der Waals surface area contributed by atoms with Crippen molar-refractivity contribution in [1.82, 2.24) is 9.47 Å². The first-order valence-electron chi connectivity index (χ1n) is 7.09. The van der Waals surface area contributed by atoms with Gasteiger partial charge < -0.3 is 9.47 Å². The fraction of sp³-hybridized carbons (Fsp3) is 0.667. The van der Waals surface area contributed by atoms with Gasteiger partial charge in [-0.2, -0.15) is 0 Å². The lowest BCUT2D eigenvalue weighted by Gasteiger charge is -2.26. The number of carbonyl (C=O) groups excluding carboxylic acids is 1. The molecule has 0 radical (unpaired) electrons. The van der Waals surface area contributed by atoms with Crippen molar-refractivity contribution in [1.29, 1.82) is 0 Å². The van der Waals surface area contributed by atoms with E-state index in [0.29, 0.717) is 0 Å². The maximum atomic E-state index is 11.8. The maximum Gasteiger partial charge on any atom is 0.166 e. The third-order valence-corrected chi connectivity index (χ3v) is 3.68. The van der Waals surface area contributed by atoms with Gasteiger partial charge in [-0.15, -0.1) is 0 Å². The summed E-state index contributed by atoms with van der Waals surface area (Å²) in [5.41, 5.74) is 0.851. The third-order valence-electron chi connectivity index (χ3n) is 3.68. The lowest BCUT2D eigenvalue weighted by atomic mass is 10.0. The minimum Gasteiger partial charge on any atom is -0.352 e. The molecular weight excluding hydrogens is 224 g/mol. The SMILES string of the molecule is CC(C)C(=O)c1ccn(CCN2CCCCC2)c1. The Balaban J connectivity index is 1.84. The Morgan fingerprint density at radius 2 is 1.94 bits per heavy atom. The summed E-state index contributed by atoms with van der Waals surface area (Å²) in [5.74, 6) is 0.328. The Morgan fingerprint density at radius 1 is 1.22 bits per heavy atom. The Hall–Kier alpha value is -1.09. The normalized spacial score (nSPS) is 17.3. The number of nitrogens with zero attached hydrogens (tertiary/aromatic N) is 2. The summed E-state index contributed by atoms with van der Waals surface area (Å²) in [4.78, 5) is 14.4. The second-order valence-electron chi connectivity index (χ2n) is 5.56. The molecule has 3 nitrogen and oxygen atoms in total. The van der Waals surface area contributed by atoms with Crippen molar-refractivity contribution in [3.63, 3.8) is 0 Å². The average Bonchev–Trinajstić information content (AvgIpc) is 2.85. The monoisotopic (exact) mass is 248 g/mol. The van der Waals surface area contributed by atoms with Gasteiger partial charge in [0.2, 0.25) is 0 Å². The molecule has 1 fully saturated rings. The van der Waals surface area contributed by atoms with Crippen LogP contribution in [-0.4, -0.2) is 34.9 Å². The van der Waals surface area contributed by atoms with Gasteiger partial charge in [0.15, 0.2) is 5.78 Å². The van der Waals surface area contributed by atoms with E-state index in [1.807, 2.05) is 32.3 Å². The van der Waals surface area contributed by atoms with Crippen LogP contribution in [0.2, 0.25) is 0 Å². The van der Waals surface area contributed by atoms with Crippen molar-refractivity contribution in [2.24, 2.45) is 5.92 Å². The molecule has 0 amide bonds. The highest BCUT2D eigenvalue weighted by molar-refractivity contribution is 5.97. The molecule has 1 aliphatic rings. The molecule has 1 aromatic rings. The van der Waals surface area contributed by atoms with Crippen LogP contribution in [0.5, 0.6) is 0 Å². The molecule has 0 saturated carbocycles. The van der Waals surface area contributed by atoms with Gasteiger partial charge in [-0.05, 0) is 32.0 Å². The second-order valence-corrected chi connectivity index (χ2v) is 5.56. The smallest absolute Gasteiger partial charge is 0.166 e. The van der Waals surface area contributed by atoms with Crippen LogP contribution in [0.25, 0.3) is 0 Å². The molecule has 1 saturated heterocycles. The number of ketones is 1. The largest absolute Gasteiger partial charge is 0.352 e. The third kappa shape index (κ3) is 3.45. The van der Waals surface area contributed by atoms with Crippen LogP contribution in [0.1, 0.15) is 43.5 Å². The number of hydrogen-bond donors (Lipinski definition) is 0. The number of rotatable bonds is 5. The summed E-state index contributed by atoms with van der Waals surface area (Å²) in [6.07, 6.45) is 8.07. The zero-order chi connectivity index (χ0) is 13.0. The van der Waals surface area contributed by atoms with E-state index in [-0.39, 0.29) is 11.7 Å². The molecule has 3 heteroatoms. The maximum absolute atomic E-state index is 11.8. The first-order valence-corrected chi connectivity index (χ1v) is 7.09. The number of piperidine rings is 1. The molecule has 0 N–H and O–H groups in total. The van der Waals surface area contributed by atoms with Crippen LogP contribution >= 0.6 is 0 Å². The van der Waals surface area contributed by atoms with Gasteiger partial charge in [-0.25, -0.2) is 0 Å². The molecular formula is C15H24N2O. The topological polar surface area (TPSA) is 25.2 Å². The number of Topliss-reactive ketones (excluding diaryl/α,β-unsaturated/α-hetero) is 1. The van der Waals surface area contributed by atoms with Crippen LogP contribution in [0.4, 0.5) is 0 Å². The highest BCUT2D eigenvalue weighted by Gasteiger charge is 2.12.